The minimum Gasteiger partial charge on any atom is -0.352 e. The Morgan fingerprint density at radius 2 is 1.65 bits per heavy atom. The Balaban J connectivity index is 1.31. The smallest absolute Gasteiger partial charge is 0.243 e. The third-order valence-corrected chi connectivity index (χ3v) is 7.30. The fourth-order valence-corrected chi connectivity index (χ4v) is 5.17. The van der Waals surface area contributed by atoms with Crippen LogP contribution in [0.1, 0.15) is 30.4 Å². The van der Waals surface area contributed by atoms with E-state index in [2.05, 4.69) is 10.4 Å². The molecule has 0 spiro atoms. The summed E-state index contributed by atoms with van der Waals surface area (Å²) in [5.74, 6) is -0.113. The van der Waals surface area contributed by atoms with Gasteiger partial charge in [0.25, 0.3) is 0 Å². The first-order valence-corrected chi connectivity index (χ1v) is 11.9. The molecule has 1 fully saturated rings. The molecule has 2 aromatic carbocycles. The van der Waals surface area contributed by atoms with Crippen LogP contribution in [0.25, 0.3) is 5.69 Å². The van der Waals surface area contributed by atoms with Crippen molar-refractivity contribution < 1.29 is 13.2 Å². The van der Waals surface area contributed by atoms with Gasteiger partial charge in [-0.1, -0.05) is 36.8 Å². The summed E-state index contributed by atoms with van der Waals surface area (Å²) in [6, 6.07) is 16.5. The molecule has 0 saturated carbocycles. The second kappa shape index (κ2) is 9.45. The average molecular weight is 439 g/mol. The lowest BCUT2D eigenvalue weighted by atomic mass is 10.2. The van der Waals surface area contributed by atoms with Gasteiger partial charge in [0.15, 0.2) is 0 Å². The van der Waals surface area contributed by atoms with Crippen LogP contribution in [0, 0.1) is 0 Å². The number of nitrogens with zero attached hydrogens (tertiary/aromatic N) is 3. The Morgan fingerprint density at radius 3 is 2.35 bits per heavy atom. The molecule has 162 valence electrons. The summed E-state index contributed by atoms with van der Waals surface area (Å²) >= 11 is 0. The van der Waals surface area contributed by atoms with Gasteiger partial charge in [-0.05, 0) is 48.2 Å². The fraction of sp³-hybridized carbons (Fsp3) is 0.304. The number of carbonyl (C=O) groups excluding carboxylic acids is 1. The van der Waals surface area contributed by atoms with Gasteiger partial charge in [0.05, 0.1) is 23.2 Å². The van der Waals surface area contributed by atoms with Gasteiger partial charge in [-0.3, -0.25) is 4.79 Å². The number of rotatable bonds is 7. The third kappa shape index (κ3) is 5.21. The number of para-hydroxylation sites is 1. The molecule has 4 rings (SSSR count). The number of hydrogen-bond donors (Lipinski definition) is 1. The minimum absolute atomic E-state index is 0.113. The fourth-order valence-electron chi connectivity index (χ4n) is 3.66. The number of benzene rings is 2. The summed E-state index contributed by atoms with van der Waals surface area (Å²) in [5.41, 5.74) is 2.61. The van der Waals surface area contributed by atoms with Crippen LogP contribution in [0.5, 0.6) is 0 Å². The quantitative estimate of drug-likeness (QED) is 0.615. The first-order chi connectivity index (χ1) is 15.0. The standard InChI is InChI=1S/C23H26N4O3S/c28-23(15-20-17-25-27(18-20)21-7-3-1-4-8-21)24-16-19-9-11-22(12-10-19)31(29,30)26-13-5-2-6-14-26/h1,3-4,7-12,17-18H,2,5-6,13-16H2,(H,24,28). The number of nitrogens with one attached hydrogen (secondary N) is 1. The highest BCUT2D eigenvalue weighted by Crippen LogP contribution is 2.20. The maximum Gasteiger partial charge on any atom is 0.243 e. The van der Waals surface area contributed by atoms with Gasteiger partial charge in [-0.25, -0.2) is 13.1 Å². The van der Waals surface area contributed by atoms with Crippen LogP contribution in [-0.2, 0) is 27.8 Å². The van der Waals surface area contributed by atoms with Crippen molar-refractivity contribution in [1.82, 2.24) is 19.4 Å². The molecule has 31 heavy (non-hydrogen) atoms. The van der Waals surface area contributed by atoms with E-state index >= 15 is 0 Å². The lowest BCUT2D eigenvalue weighted by Gasteiger charge is -2.25. The lowest BCUT2D eigenvalue weighted by molar-refractivity contribution is -0.120. The zero-order valence-electron chi connectivity index (χ0n) is 17.3. The number of piperidine rings is 1. The van der Waals surface area contributed by atoms with Crippen LogP contribution in [0.4, 0.5) is 0 Å². The predicted octanol–water partition coefficient (Wildman–Crippen LogP) is 2.91. The van der Waals surface area contributed by atoms with Gasteiger partial charge in [-0.2, -0.15) is 9.40 Å². The van der Waals surface area contributed by atoms with Gasteiger partial charge >= 0.3 is 0 Å². The van der Waals surface area contributed by atoms with Crippen molar-refractivity contribution in [3.63, 3.8) is 0 Å². The molecule has 3 aromatic rings. The molecule has 8 heteroatoms. The van der Waals surface area contributed by atoms with Crippen molar-refractivity contribution >= 4 is 15.9 Å². The van der Waals surface area contributed by atoms with Crippen LogP contribution in [0.2, 0.25) is 0 Å². The van der Waals surface area contributed by atoms with E-state index < -0.39 is 10.0 Å². The van der Waals surface area contributed by atoms with Crippen molar-refractivity contribution in [2.45, 2.75) is 37.1 Å². The highest BCUT2D eigenvalue weighted by Gasteiger charge is 2.25. The van der Waals surface area contributed by atoms with E-state index in [-0.39, 0.29) is 12.3 Å². The molecule has 2 heterocycles. The van der Waals surface area contributed by atoms with E-state index in [9.17, 15) is 13.2 Å². The first kappa shape index (κ1) is 21.3. The average Bonchev–Trinajstić information content (AvgIpc) is 3.27. The number of hydrogen-bond acceptors (Lipinski definition) is 4. The molecule has 1 aromatic heterocycles. The normalized spacial score (nSPS) is 15.0. The van der Waals surface area contributed by atoms with Crippen LogP contribution >= 0.6 is 0 Å². The van der Waals surface area contributed by atoms with E-state index in [4.69, 9.17) is 0 Å². The summed E-state index contributed by atoms with van der Waals surface area (Å²) in [6.45, 7) is 1.51. The first-order valence-electron chi connectivity index (χ1n) is 10.5. The summed E-state index contributed by atoms with van der Waals surface area (Å²) in [4.78, 5) is 12.6. The summed E-state index contributed by atoms with van der Waals surface area (Å²) < 4.78 is 28.7. The SMILES string of the molecule is O=C(Cc1cnn(-c2ccccc2)c1)NCc1ccc(S(=O)(=O)N2CCCCC2)cc1. The zero-order chi connectivity index (χ0) is 21.7. The highest BCUT2D eigenvalue weighted by molar-refractivity contribution is 7.89. The Bertz CT molecular complexity index is 1120. The van der Waals surface area contributed by atoms with Crippen LogP contribution in [0.3, 0.4) is 0 Å². The molecule has 7 nitrogen and oxygen atoms in total. The van der Waals surface area contributed by atoms with E-state index in [0.29, 0.717) is 24.5 Å². The van der Waals surface area contributed by atoms with Gasteiger partial charge in [-0.15, -0.1) is 0 Å². The van der Waals surface area contributed by atoms with Crippen molar-refractivity contribution in [3.8, 4) is 5.69 Å². The van der Waals surface area contributed by atoms with E-state index in [1.54, 1.807) is 39.4 Å². The van der Waals surface area contributed by atoms with Crippen LogP contribution in [0.15, 0.2) is 71.9 Å². The maximum atomic E-state index is 12.7. The molecule has 1 amide bonds. The molecule has 1 N–H and O–H groups in total. The molecule has 0 atom stereocenters. The Morgan fingerprint density at radius 1 is 0.935 bits per heavy atom. The van der Waals surface area contributed by atoms with Crippen molar-refractivity contribution in [1.29, 1.82) is 0 Å². The second-order valence-electron chi connectivity index (χ2n) is 7.69. The topological polar surface area (TPSA) is 84.3 Å². The minimum atomic E-state index is -3.43. The van der Waals surface area contributed by atoms with Crippen molar-refractivity contribution in [2.24, 2.45) is 0 Å². The number of carbonyl (C=O) groups is 1. The Kier molecular flexibility index (Phi) is 6.48. The monoisotopic (exact) mass is 438 g/mol. The summed E-state index contributed by atoms with van der Waals surface area (Å²) in [6.07, 6.45) is 6.66. The Labute approximate surface area is 182 Å². The number of amides is 1. The van der Waals surface area contributed by atoms with Gasteiger partial charge < -0.3 is 5.32 Å². The molecule has 1 aliphatic heterocycles. The van der Waals surface area contributed by atoms with Gasteiger partial charge in [0.1, 0.15) is 0 Å². The summed E-state index contributed by atoms with van der Waals surface area (Å²) in [7, 11) is -3.43. The van der Waals surface area contributed by atoms with Crippen molar-refractivity contribution in [3.05, 3.63) is 78.1 Å². The molecular formula is C23H26N4O3S. The van der Waals surface area contributed by atoms with Gasteiger partial charge in [0, 0.05) is 25.8 Å². The van der Waals surface area contributed by atoms with E-state index in [1.807, 2.05) is 36.5 Å². The molecule has 0 aliphatic carbocycles. The molecule has 1 saturated heterocycles. The van der Waals surface area contributed by atoms with Crippen LogP contribution < -0.4 is 5.32 Å². The van der Waals surface area contributed by atoms with Crippen LogP contribution in [-0.4, -0.2) is 41.5 Å². The molecule has 0 bridgehead atoms. The molecule has 0 unspecified atom stereocenters. The lowest BCUT2D eigenvalue weighted by Crippen LogP contribution is -2.35. The summed E-state index contributed by atoms with van der Waals surface area (Å²) in [5, 5.41) is 7.19. The zero-order valence-corrected chi connectivity index (χ0v) is 18.1. The number of sulfonamides is 1. The predicted molar refractivity (Wildman–Crippen MR) is 118 cm³/mol. The highest BCUT2D eigenvalue weighted by atomic mass is 32.2. The third-order valence-electron chi connectivity index (χ3n) is 5.39. The van der Waals surface area contributed by atoms with Crippen molar-refractivity contribution in [2.75, 3.05) is 13.1 Å². The molecule has 0 radical (unpaired) electrons. The molecule has 1 aliphatic rings. The Hall–Kier alpha value is -2.97. The van der Waals surface area contributed by atoms with Gasteiger partial charge in [0.2, 0.25) is 15.9 Å². The van der Waals surface area contributed by atoms with E-state index in [1.165, 1.54) is 0 Å². The largest absolute Gasteiger partial charge is 0.352 e. The maximum absolute atomic E-state index is 12.7. The second-order valence-corrected chi connectivity index (χ2v) is 9.63. The number of aromatic nitrogens is 2. The van der Waals surface area contributed by atoms with E-state index in [0.717, 1.165) is 36.1 Å². The molecular weight excluding hydrogens is 412 g/mol.